The van der Waals surface area contributed by atoms with Crippen molar-refractivity contribution in [2.45, 2.75) is 19.5 Å². The van der Waals surface area contributed by atoms with Crippen molar-refractivity contribution >= 4 is 45.1 Å². The third kappa shape index (κ3) is 8.22. The molecule has 0 aliphatic rings. The Labute approximate surface area is 322 Å². The number of ether oxygens (including phenoxy) is 3. The summed E-state index contributed by atoms with van der Waals surface area (Å²) in [4.78, 5) is 46.4. The minimum Gasteiger partial charge on any atom is -0.495 e. The minimum atomic E-state index is -0.715. The van der Waals surface area contributed by atoms with E-state index in [2.05, 4.69) is 43.8 Å². The van der Waals surface area contributed by atoms with Gasteiger partial charge in [-0.2, -0.15) is 5.10 Å². The summed E-state index contributed by atoms with van der Waals surface area (Å²) >= 11 is 0. The fraction of sp³-hybridized carbons (Fsp3) is 0.186. The van der Waals surface area contributed by atoms with Gasteiger partial charge in [0.1, 0.15) is 11.3 Å². The fourth-order valence-electron chi connectivity index (χ4n) is 6.56. The van der Waals surface area contributed by atoms with Crippen LogP contribution in [0.4, 0.5) is 11.4 Å². The molecule has 0 radical (unpaired) electrons. The van der Waals surface area contributed by atoms with Gasteiger partial charge in [-0.05, 0) is 66.1 Å². The number of fused-ring (bicyclic) bond motifs is 2. The highest BCUT2D eigenvalue weighted by molar-refractivity contribution is 6.12. The Morgan fingerprint density at radius 3 is 2.32 bits per heavy atom. The average molecular weight is 753 g/mol. The topological polar surface area (TPSA) is 150 Å². The van der Waals surface area contributed by atoms with Crippen LogP contribution in [0.25, 0.3) is 21.9 Å². The number of nitrogens with one attached hydrogen (secondary N) is 2. The van der Waals surface area contributed by atoms with E-state index in [-0.39, 0.29) is 39.5 Å². The Morgan fingerprint density at radius 2 is 1.54 bits per heavy atom. The van der Waals surface area contributed by atoms with Crippen molar-refractivity contribution in [2.75, 3.05) is 38.5 Å². The summed E-state index contributed by atoms with van der Waals surface area (Å²) in [6, 6.07) is 26.7. The van der Waals surface area contributed by atoms with Crippen LogP contribution in [0.2, 0.25) is 0 Å². The first-order valence-electron chi connectivity index (χ1n) is 17.8. The molecule has 0 aliphatic carbocycles. The Hall–Kier alpha value is -6.99. The minimum absolute atomic E-state index is 0.106. The van der Waals surface area contributed by atoms with Gasteiger partial charge in [0, 0.05) is 61.6 Å². The molecule has 7 rings (SSSR count). The van der Waals surface area contributed by atoms with Gasteiger partial charge in [0.05, 0.1) is 55.9 Å². The second kappa shape index (κ2) is 16.6. The van der Waals surface area contributed by atoms with Gasteiger partial charge in [-0.3, -0.25) is 28.9 Å². The Balaban J connectivity index is 1.07. The van der Waals surface area contributed by atoms with E-state index in [1.165, 1.54) is 31.9 Å². The molecule has 0 fully saturated rings. The molecule has 4 aromatic carbocycles. The average Bonchev–Trinajstić information content (AvgIpc) is 3.59. The smallest absolute Gasteiger partial charge is 0.291 e. The van der Waals surface area contributed by atoms with Crippen LogP contribution in [0.1, 0.15) is 37.6 Å². The zero-order valence-electron chi connectivity index (χ0n) is 31.4. The number of hydrogen-bond acceptors (Lipinski definition) is 10. The third-order valence-electron chi connectivity index (χ3n) is 9.50. The van der Waals surface area contributed by atoms with Crippen LogP contribution in [-0.2, 0) is 26.6 Å². The van der Waals surface area contributed by atoms with Gasteiger partial charge in [-0.25, -0.2) is 0 Å². The summed E-state index contributed by atoms with van der Waals surface area (Å²) in [5.74, 6) is -0.115. The van der Waals surface area contributed by atoms with Gasteiger partial charge < -0.3 is 29.3 Å². The van der Waals surface area contributed by atoms with Crippen molar-refractivity contribution in [1.82, 2.24) is 19.7 Å². The molecule has 0 aliphatic heterocycles. The highest BCUT2D eigenvalue weighted by atomic mass is 16.5. The molecule has 0 spiro atoms. The number of para-hydroxylation sites is 1. The quantitative estimate of drug-likeness (QED) is 0.121. The lowest BCUT2D eigenvalue weighted by Crippen LogP contribution is -2.25. The molecule has 284 valence electrons. The Kier molecular flexibility index (Phi) is 11.0. The number of pyridine rings is 1. The van der Waals surface area contributed by atoms with Gasteiger partial charge in [0.2, 0.25) is 0 Å². The second-order valence-corrected chi connectivity index (χ2v) is 13.1. The number of aryl methyl sites for hydroxylation is 1. The molecule has 13 heteroatoms. The predicted molar refractivity (Wildman–Crippen MR) is 214 cm³/mol. The molecule has 7 aromatic rings. The third-order valence-corrected chi connectivity index (χ3v) is 9.50. The molecular formula is C43H40N6O7. The molecule has 2 amide bonds. The second-order valence-electron chi connectivity index (χ2n) is 13.1. The van der Waals surface area contributed by atoms with E-state index in [4.69, 9.17) is 18.6 Å². The maximum absolute atomic E-state index is 13.8. The van der Waals surface area contributed by atoms with Crippen LogP contribution in [0.15, 0.2) is 119 Å². The van der Waals surface area contributed by atoms with Gasteiger partial charge in [0.25, 0.3) is 11.8 Å². The zero-order chi connectivity index (χ0) is 39.2. The largest absolute Gasteiger partial charge is 0.495 e. The summed E-state index contributed by atoms with van der Waals surface area (Å²) in [5.41, 5.74) is 5.05. The van der Waals surface area contributed by atoms with Gasteiger partial charge in [-0.15, -0.1) is 0 Å². The zero-order valence-corrected chi connectivity index (χ0v) is 31.4. The number of methoxy groups -OCH3 is 3. The molecule has 0 saturated carbocycles. The lowest BCUT2D eigenvalue weighted by atomic mass is 10.1. The van der Waals surface area contributed by atoms with E-state index in [1.54, 1.807) is 43.8 Å². The summed E-state index contributed by atoms with van der Waals surface area (Å²) in [7, 11) is 6.48. The summed E-state index contributed by atoms with van der Waals surface area (Å²) in [6.45, 7) is 2.11. The van der Waals surface area contributed by atoms with Crippen LogP contribution < -0.4 is 30.3 Å². The molecule has 13 nitrogen and oxygen atoms in total. The number of hydrogen-bond donors (Lipinski definition) is 2. The first-order chi connectivity index (χ1) is 27.2. The van der Waals surface area contributed by atoms with Crippen molar-refractivity contribution in [3.05, 3.63) is 148 Å². The summed E-state index contributed by atoms with van der Waals surface area (Å²) < 4.78 is 24.1. The normalized spacial score (nSPS) is 11.2. The standard InChI is InChI=1S/C43H40N6O7/c1-48-35-14-11-28(19-30(35)23-45-48)25-49(26-29-15-17-44-24-41(29)55-4)18-16-27-9-12-31(13-10-27)46-42(51)33-20-38(53-2)39(54-3)21-34(33)47-43(52)40-22-36(50)32-7-5-6-8-37(32)56-40/h5-15,17,19-24H,16,18,25-26H2,1-4H3,(H,46,51)(H,47,52). The monoisotopic (exact) mass is 752 g/mol. The maximum atomic E-state index is 13.8. The van der Waals surface area contributed by atoms with Crippen molar-refractivity contribution in [3.63, 3.8) is 0 Å². The molecule has 0 bridgehead atoms. The van der Waals surface area contributed by atoms with E-state index in [9.17, 15) is 14.4 Å². The molecular weight excluding hydrogens is 713 g/mol. The summed E-state index contributed by atoms with van der Waals surface area (Å²) in [5, 5.41) is 11.5. The number of anilines is 2. The highest BCUT2D eigenvalue weighted by Crippen LogP contribution is 2.34. The number of carbonyl (C=O) groups is 2. The lowest BCUT2D eigenvalue weighted by molar-refractivity contribution is 0.0997. The fourth-order valence-corrected chi connectivity index (χ4v) is 6.56. The number of nitrogens with zero attached hydrogens (tertiary/aromatic N) is 4. The molecule has 0 unspecified atom stereocenters. The van der Waals surface area contributed by atoms with Crippen LogP contribution in [0.3, 0.4) is 0 Å². The van der Waals surface area contributed by atoms with E-state index in [0.29, 0.717) is 24.2 Å². The van der Waals surface area contributed by atoms with Crippen LogP contribution in [0.5, 0.6) is 17.2 Å². The molecule has 0 atom stereocenters. The number of rotatable bonds is 14. The number of carbonyl (C=O) groups excluding carboxylic acids is 2. The molecule has 2 N–H and O–H groups in total. The van der Waals surface area contributed by atoms with Crippen LogP contribution in [-0.4, -0.2) is 59.4 Å². The Bertz CT molecular complexity index is 2600. The SMILES string of the molecule is COc1cnccc1CN(CCc1ccc(NC(=O)c2cc(OC)c(OC)cc2NC(=O)c2cc(=O)c3ccccc3o2)cc1)Cc1ccc2c(cnn2C)c1. The predicted octanol–water partition coefficient (Wildman–Crippen LogP) is 6.85. The number of amides is 2. The lowest BCUT2D eigenvalue weighted by Gasteiger charge is -2.24. The van der Waals surface area contributed by atoms with E-state index >= 15 is 0 Å². The first-order valence-corrected chi connectivity index (χ1v) is 17.8. The van der Waals surface area contributed by atoms with Crippen molar-refractivity contribution in [3.8, 4) is 17.2 Å². The molecule has 0 saturated heterocycles. The highest BCUT2D eigenvalue weighted by Gasteiger charge is 2.21. The van der Waals surface area contributed by atoms with Crippen LogP contribution in [0, 0.1) is 0 Å². The molecule has 3 heterocycles. The Morgan fingerprint density at radius 1 is 0.786 bits per heavy atom. The van der Waals surface area contributed by atoms with Crippen molar-refractivity contribution < 1.29 is 28.2 Å². The van der Waals surface area contributed by atoms with Crippen molar-refractivity contribution in [2.24, 2.45) is 7.05 Å². The van der Waals surface area contributed by atoms with E-state index in [0.717, 1.165) is 46.8 Å². The van der Waals surface area contributed by atoms with E-state index < -0.39 is 11.8 Å². The van der Waals surface area contributed by atoms with Gasteiger partial charge in [0.15, 0.2) is 22.7 Å². The maximum Gasteiger partial charge on any atom is 0.291 e. The first kappa shape index (κ1) is 37.3. The van der Waals surface area contributed by atoms with E-state index in [1.807, 2.05) is 48.3 Å². The molecule has 56 heavy (non-hydrogen) atoms. The summed E-state index contributed by atoms with van der Waals surface area (Å²) in [6.07, 6.45) is 6.12. The number of benzene rings is 4. The van der Waals surface area contributed by atoms with Crippen molar-refractivity contribution in [1.29, 1.82) is 0 Å². The van der Waals surface area contributed by atoms with Gasteiger partial charge >= 0.3 is 0 Å². The molecule has 3 aromatic heterocycles. The number of aromatic nitrogens is 3. The van der Waals surface area contributed by atoms with Crippen LogP contribution >= 0.6 is 0 Å². The van der Waals surface area contributed by atoms with Gasteiger partial charge in [-0.1, -0.05) is 30.3 Å².